The Bertz CT molecular complexity index is 532. The van der Waals surface area contributed by atoms with Crippen LogP contribution < -0.4 is 0 Å². The van der Waals surface area contributed by atoms with E-state index in [0.29, 0.717) is 0 Å². The standard InChI is InChI=1S/C17H18.C2H4/c1-4-14-9-11-15(12-10-14)17-8-6-7-13(3)16(17)5-2;1-2/h5-12H,2,4H2,1,3H3;1-2H2. The second kappa shape index (κ2) is 7.38. The van der Waals surface area contributed by atoms with E-state index in [1.165, 1.54) is 27.8 Å². The van der Waals surface area contributed by atoms with Crippen LogP contribution in [-0.2, 0) is 6.42 Å². The highest BCUT2D eigenvalue weighted by molar-refractivity contribution is 5.76. The lowest BCUT2D eigenvalue weighted by atomic mass is 9.95. The predicted octanol–water partition coefficient (Wildman–Crippen LogP) is 5.67. The number of hydrogen-bond acceptors (Lipinski definition) is 0. The summed E-state index contributed by atoms with van der Waals surface area (Å²) in [6.45, 7) is 14.2. The zero-order valence-corrected chi connectivity index (χ0v) is 11.9. The van der Waals surface area contributed by atoms with Crippen molar-refractivity contribution in [3.05, 3.63) is 78.9 Å². The molecule has 0 heteroatoms. The molecular formula is C19H22. The van der Waals surface area contributed by atoms with Crippen LogP contribution in [0.1, 0.15) is 23.6 Å². The lowest BCUT2D eigenvalue weighted by Crippen LogP contribution is -1.87. The second-order valence-electron chi connectivity index (χ2n) is 4.29. The van der Waals surface area contributed by atoms with E-state index in [4.69, 9.17) is 0 Å². The summed E-state index contributed by atoms with van der Waals surface area (Å²) in [7, 11) is 0. The van der Waals surface area contributed by atoms with Crippen molar-refractivity contribution in [2.24, 2.45) is 0 Å². The molecule has 0 aliphatic heterocycles. The molecule has 0 aliphatic rings. The van der Waals surface area contributed by atoms with Crippen LogP contribution in [0.5, 0.6) is 0 Å². The Labute approximate surface area is 117 Å². The number of aryl methyl sites for hydroxylation is 2. The van der Waals surface area contributed by atoms with Gasteiger partial charge in [0, 0.05) is 0 Å². The topological polar surface area (TPSA) is 0 Å². The van der Waals surface area contributed by atoms with E-state index in [1.54, 1.807) is 0 Å². The minimum Gasteiger partial charge on any atom is -0.106 e. The van der Waals surface area contributed by atoms with Crippen LogP contribution >= 0.6 is 0 Å². The lowest BCUT2D eigenvalue weighted by Gasteiger charge is -2.09. The number of rotatable bonds is 3. The minimum atomic E-state index is 1.09. The van der Waals surface area contributed by atoms with E-state index in [0.717, 1.165) is 6.42 Å². The van der Waals surface area contributed by atoms with Gasteiger partial charge < -0.3 is 0 Å². The van der Waals surface area contributed by atoms with E-state index in [2.05, 4.69) is 76.0 Å². The molecule has 0 amide bonds. The summed E-state index contributed by atoms with van der Waals surface area (Å²) in [4.78, 5) is 0. The molecule has 0 heterocycles. The molecule has 0 fully saturated rings. The van der Waals surface area contributed by atoms with E-state index in [-0.39, 0.29) is 0 Å². The second-order valence-corrected chi connectivity index (χ2v) is 4.29. The molecular weight excluding hydrogens is 228 g/mol. The van der Waals surface area contributed by atoms with Gasteiger partial charge >= 0.3 is 0 Å². The van der Waals surface area contributed by atoms with Crippen molar-refractivity contribution in [2.75, 3.05) is 0 Å². The van der Waals surface area contributed by atoms with Crippen LogP contribution in [0.15, 0.2) is 62.2 Å². The van der Waals surface area contributed by atoms with Gasteiger partial charge in [-0.15, -0.1) is 13.2 Å². The fourth-order valence-corrected chi connectivity index (χ4v) is 2.12. The van der Waals surface area contributed by atoms with Crippen molar-refractivity contribution < 1.29 is 0 Å². The van der Waals surface area contributed by atoms with Crippen molar-refractivity contribution in [1.82, 2.24) is 0 Å². The van der Waals surface area contributed by atoms with Crippen LogP contribution in [-0.4, -0.2) is 0 Å². The molecule has 2 aromatic carbocycles. The third-order valence-corrected chi connectivity index (χ3v) is 3.20. The maximum atomic E-state index is 3.91. The molecule has 19 heavy (non-hydrogen) atoms. The quantitative estimate of drug-likeness (QED) is 0.616. The molecule has 0 unspecified atom stereocenters. The predicted molar refractivity (Wildman–Crippen MR) is 87.3 cm³/mol. The maximum absolute atomic E-state index is 3.91. The Morgan fingerprint density at radius 2 is 1.63 bits per heavy atom. The normalized spacial score (nSPS) is 9.37. The molecule has 0 radical (unpaired) electrons. The Kier molecular flexibility index (Phi) is 5.81. The monoisotopic (exact) mass is 250 g/mol. The molecule has 0 N–H and O–H groups in total. The first-order valence-electron chi connectivity index (χ1n) is 6.57. The molecule has 0 saturated carbocycles. The zero-order chi connectivity index (χ0) is 14.3. The van der Waals surface area contributed by atoms with Crippen LogP contribution in [0.3, 0.4) is 0 Å². The summed E-state index contributed by atoms with van der Waals surface area (Å²) in [6, 6.07) is 15.2. The molecule has 0 atom stereocenters. The van der Waals surface area contributed by atoms with Crippen molar-refractivity contribution in [3.63, 3.8) is 0 Å². The first-order valence-corrected chi connectivity index (χ1v) is 6.57. The van der Waals surface area contributed by atoms with Crippen molar-refractivity contribution >= 4 is 6.08 Å². The number of benzene rings is 2. The molecule has 0 spiro atoms. The minimum absolute atomic E-state index is 1.09. The molecule has 2 aromatic rings. The largest absolute Gasteiger partial charge is 0.106 e. The van der Waals surface area contributed by atoms with Crippen molar-refractivity contribution in [2.45, 2.75) is 20.3 Å². The van der Waals surface area contributed by atoms with Gasteiger partial charge in [0.05, 0.1) is 0 Å². The van der Waals surface area contributed by atoms with Crippen molar-refractivity contribution in [1.29, 1.82) is 0 Å². The highest BCUT2D eigenvalue weighted by Gasteiger charge is 2.04. The maximum Gasteiger partial charge on any atom is -0.0109 e. The fraction of sp³-hybridized carbons (Fsp3) is 0.158. The van der Waals surface area contributed by atoms with Gasteiger partial charge in [-0.3, -0.25) is 0 Å². The Morgan fingerprint density at radius 1 is 1.00 bits per heavy atom. The molecule has 0 aliphatic carbocycles. The van der Waals surface area contributed by atoms with E-state index in [9.17, 15) is 0 Å². The Balaban J connectivity index is 0.000000861. The fourth-order valence-electron chi connectivity index (χ4n) is 2.12. The van der Waals surface area contributed by atoms with E-state index >= 15 is 0 Å². The highest BCUT2D eigenvalue weighted by Crippen LogP contribution is 2.27. The Morgan fingerprint density at radius 3 is 2.16 bits per heavy atom. The summed E-state index contributed by atoms with van der Waals surface area (Å²) in [5.41, 5.74) is 6.42. The van der Waals surface area contributed by atoms with Crippen LogP contribution in [0.2, 0.25) is 0 Å². The Hall–Kier alpha value is -2.08. The van der Waals surface area contributed by atoms with Gasteiger partial charge in [0.1, 0.15) is 0 Å². The van der Waals surface area contributed by atoms with Gasteiger partial charge in [0.25, 0.3) is 0 Å². The van der Waals surface area contributed by atoms with E-state index in [1.807, 2.05) is 6.08 Å². The molecule has 0 aromatic heterocycles. The lowest BCUT2D eigenvalue weighted by molar-refractivity contribution is 1.14. The third-order valence-electron chi connectivity index (χ3n) is 3.20. The van der Waals surface area contributed by atoms with Gasteiger partial charge in [-0.1, -0.05) is 62.0 Å². The average Bonchev–Trinajstić information content (AvgIpc) is 2.49. The average molecular weight is 250 g/mol. The summed E-state index contributed by atoms with van der Waals surface area (Å²) in [5, 5.41) is 0. The van der Waals surface area contributed by atoms with Crippen molar-refractivity contribution in [3.8, 4) is 11.1 Å². The highest BCUT2D eigenvalue weighted by atomic mass is 14.1. The van der Waals surface area contributed by atoms with Gasteiger partial charge in [0.2, 0.25) is 0 Å². The zero-order valence-electron chi connectivity index (χ0n) is 11.9. The summed E-state index contributed by atoms with van der Waals surface area (Å²) in [5.74, 6) is 0. The van der Waals surface area contributed by atoms with Crippen LogP contribution in [0, 0.1) is 6.92 Å². The molecule has 0 bridgehead atoms. The first-order chi connectivity index (χ1) is 9.26. The van der Waals surface area contributed by atoms with Crippen LogP contribution in [0.4, 0.5) is 0 Å². The summed E-state index contributed by atoms with van der Waals surface area (Å²) < 4.78 is 0. The summed E-state index contributed by atoms with van der Waals surface area (Å²) in [6.07, 6.45) is 3.03. The first kappa shape index (κ1) is 15.0. The van der Waals surface area contributed by atoms with Gasteiger partial charge in [-0.2, -0.15) is 0 Å². The molecule has 0 nitrogen and oxygen atoms in total. The van der Waals surface area contributed by atoms with E-state index < -0.39 is 0 Å². The van der Waals surface area contributed by atoms with Gasteiger partial charge in [-0.25, -0.2) is 0 Å². The van der Waals surface area contributed by atoms with Gasteiger partial charge in [0.15, 0.2) is 0 Å². The SMILES string of the molecule is C=C.C=Cc1c(C)cccc1-c1ccc(CC)cc1. The molecule has 0 saturated heterocycles. The molecule has 2 rings (SSSR count). The summed E-state index contributed by atoms with van der Waals surface area (Å²) >= 11 is 0. The smallest absolute Gasteiger partial charge is 0.0109 e. The van der Waals surface area contributed by atoms with Gasteiger partial charge in [-0.05, 0) is 41.2 Å². The molecule has 98 valence electrons. The number of hydrogen-bond donors (Lipinski definition) is 0. The van der Waals surface area contributed by atoms with Crippen LogP contribution in [0.25, 0.3) is 17.2 Å². The third kappa shape index (κ3) is 3.45.